The van der Waals surface area contributed by atoms with E-state index in [1.807, 2.05) is 4.90 Å². The molecule has 0 saturated carbocycles. The molecule has 78 heavy (non-hydrogen) atoms. The van der Waals surface area contributed by atoms with Gasteiger partial charge < -0.3 is 69.1 Å². The third-order valence-electron chi connectivity index (χ3n) is 15.8. The highest BCUT2D eigenvalue weighted by atomic mass is 16.8. The molecule has 5 aliphatic rings. The maximum atomic E-state index is 12.9. The average molecular weight is 1110 g/mol. The number of unbranched alkanes of at least 4 members (excludes halogenated alkanes) is 6. The van der Waals surface area contributed by atoms with Crippen molar-refractivity contribution in [3.63, 3.8) is 0 Å². The van der Waals surface area contributed by atoms with E-state index in [4.69, 9.17) is 38.5 Å². The van der Waals surface area contributed by atoms with E-state index in [0.29, 0.717) is 173 Å². The number of aliphatic hydroxyl groups is 4. The number of fused-ring (bicyclic) bond motifs is 4. The van der Waals surface area contributed by atoms with E-state index in [9.17, 15) is 49.2 Å². The first-order valence-corrected chi connectivity index (χ1v) is 28.8. The highest BCUT2D eigenvalue weighted by Gasteiger charge is 2.59. The number of aromatic nitrogens is 3. The molecule has 5 aliphatic heterocycles. The lowest BCUT2D eigenvalue weighted by Crippen LogP contribution is -2.60. The van der Waals surface area contributed by atoms with Crippen LogP contribution in [0.5, 0.6) is 0 Å². The van der Waals surface area contributed by atoms with Crippen LogP contribution in [-0.2, 0) is 63.6 Å². The average Bonchev–Trinajstić information content (AvgIpc) is 4.13. The minimum atomic E-state index is -1.10. The van der Waals surface area contributed by atoms with Crippen LogP contribution < -0.4 is 10.2 Å². The Morgan fingerprint density at radius 1 is 0.564 bits per heavy atom. The van der Waals surface area contributed by atoms with Gasteiger partial charge in [0.1, 0.15) is 52.4 Å². The number of aliphatic carboxylic acids is 1. The molecular formula is C55H88N6O17. The Morgan fingerprint density at radius 2 is 1.03 bits per heavy atom. The third kappa shape index (κ3) is 19.0. The van der Waals surface area contributed by atoms with Crippen molar-refractivity contribution in [3.8, 4) is 0 Å². The van der Waals surface area contributed by atoms with Crippen molar-refractivity contribution >= 4 is 46.9 Å². The normalized spacial score (nSPS) is 27.5. The molecule has 4 bridgehead atoms. The van der Waals surface area contributed by atoms with Gasteiger partial charge in [-0.05, 0) is 64.2 Å². The number of carboxylic acids is 1. The third-order valence-corrected chi connectivity index (χ3v) is 15.8. The van der Waals surface area contributed by atoms with Gasteiger partial charge in [-0.1, -0.05) is 26.7 Å². The number of ketones is 4. The Morgan fingerprint density at radius 3 is 1.51 bits per heavy atom. The molecule has 0 aromatic carbocycles. The quantitative estimate of drug-likeness (QED) is 0.0515. The van der Waals surface area contributed by atoms with Crippen LogP contribution in [0.15, 0.2) is 0 Å². The molecule has 23 nitrogen and oxygen atoms in total. The molecule has 1 amide bonds. The fourth-order valence-electron chi connectivity index (χ4n) is 10.6. The van der Waals surface area contributed by atoms with Crippen LogP contribution >= 0.6 is 0 Å². The number of hydrogen-bond donors (Lipinski definition) is 6. The number of nitrogens with one attached hydrogen (secondary N) is 1. The summed E-state index contributed by atoms with van der Waals surface area (Å²) >= 11 is 0. The molecule has 440 valence electrons. The number of Topliss-reactive ketones (excluding diaryl/α,β-unsaturated/α-hetero) is 4. The minimum absolute atomic E-state index is 0.0645. The predicted molar refractivity (Wildman–Crippen MR) is 281 cm³/mol. The number of ether oxygens (including phenoxy) is 6. The number of carboxylic acid groups (broad SMARTS) is 1. The molecule has 6 N–H and O–H groups in total. The zero-order valence-corrected chi connectivity index (χ0v) is 46.0. The lowest BCUT2D eigenvalue weighted by Gasteiger charge is -2.41. The van der Waals surface area contributed by atoms with Gasteiger partial charge in [0.25, 0.3) is 0 Å². The van der Waals surface area contributed by atoms with E-state index in [1.165, 1.54) is 0 Å². The summed E-state index contributed by atoms with van der Waals surface area (Å²) in [5.74, 6) is 0.0846. The summed E-state index contributed by atoms with van der Waals surface area (Å²) in [7, 11) is 0. The van der Waals surface area contributed by atoms with Crippen LogP contribution in [0.25, 0.3) is 0 Å². The van der Waals surface area contributed by atoms with Crippen molar-refractivity contribution in [2.75, 3.05) is 82.6 Å². The molecule has 1 aromatic heterocycles. The van der Waals surface area contributed by atoms with E-state index in [1.54, 1.807) is 18.7 Å². The van der Waals surface area contributed by atoms with Gasteiger partial charge in [-0.3, -0.25) is 28.8 Å². The van der Waals surface area contributed by atoms with Crippen molar-refractivity contribution in [1.82, 2.24) is 19.9 Å². The van der Waals surface area contributed by atoms with Crippen molar-refractivity contribution in [3.05, 3.63) is 5.82 Å². The lowest BCUT2D eigenvalue weighted by molar-refractivity contribution is -0.248. The topological polar surface area (TPSA) is 316 Å². The first-order valence-electron chi connectivity index (χ1n) is 28.8. The molecule has 10 atom stereocenters. The molecule has 23 heteroatoms. The van der Waals surface area contributed by atoms with E-state index >= 15 is 0 Å². The number of aliphatic hydroxyl groups excluding tert-OH is 4. The largest absolute Gasteiger partial charge is 0.481 e. The number of carbonyl (C=O) groups excluding carboxylic acids is 5. The van der Waals surface area contributed by atoms with Crippen molar-refractivity contribution in [1.29, 1.82) is 0 Å². The van der Waals surface area contributed by atoms with Crippen molar-refractivity contribution in [2.24, 2.45) is 11.8 Å². The smallest absolute Gasteiger partial charge is 0.303 e. The number of nitrogens with zero attached hydrogens (tertiary/aromatic N) is 5. The molecule has 1 aromatic rings. The van der Waals surface area contributed by atoms with Gasteiger partial charge in [0.15, 0.2) is 12.6 Å². The molecule has 0 unspecified atom stereocenters. The number of hydrogen-bond acceptors (Lipinski definition) is 21. The molecule has 6 heterocycles. The van der Waals surface area contributed by atoms with E-state index in [0.717, 1.165) is 12.8 Å². The van der Waals surface area contributed by atoms with Gasteiger partial charge in [0, 0.05) is 128 Å². The summed E-state index contributed by atoms with van der Waals surface area (Å²) < 4.78 is 34.4. The van der Waals surface area contributed by atoms with Crippen LogP contribution in [0.1, 0.15) is 161 Å². The van der Waals surface area contributed by atoms with Gasteiger partial charge >= 0.3 is 5.97 Å². The molecule has 6 rings (SSSR count). The van der Waals surface area contributed by atoms with Gasteiger partial charge in [0.05, 0.1) is 38.6 Å². The Balaban J connectivity index is 0.827. The molecule has 0 aliphatic carbocycles. The van der Waals surface area contributed by atoms with Gasteiger partial charge in [0.2, 0.25) is 17.8 Å². The summed E-state index contributed by atoms with van der Waals surface area (Å²) in [6, 6.07) is 0. The first-order chi connectivity index (χ1) is 37.5. The zero-order valence-electron chi connectivity index (χ0n) is 46.0. The molecule has 0 spiro atoms. The Kier molecular flexibility index (Phi) is 25.6. The number of piperazine rings is 1. The number of amides is 1. The van der Waals surface area contributed by atoms with Crippen LogP contribution in [0.3, 0.4) is 0 Å². The summed E-state index contributed by atoms with van der Waals surface area (Å²) in [5.41, 5.74) is -2.15. The second-order valence-electron chi connectivity index (χ2n) is 22.1. The van der Waals surface area contributed by atoms with Crippen LogP contribution in [0.4, 0.5) is 11.9 Å². The van der Waals surface area contributed by atoms with E-state index < -0.39 is 54.2 Å². The SMILES string of the molecule is C[C@H]1[C@H]2OC[C@](COCCCCC(=O)CCCCCC(=O)CCCc3nc(NCCC(=O)CCCCCC(=O)CCCCOC[C@@]45CO[C@@H](O4)[C@H](C)[C@@H](O)[C@H]5O)nc(N4CCN(C(=O)CCCC(=O)O)CC4)n3)(O2)[C@H](O)[C@@H]1O. The van der Waals surface area contributed by atoms with E-state index in [-0.39, 0.29) is 93.0 Å². The van der Waals surface area contributed by atoms with Crippen molar-refractivity contribution in [2.45, 2.75) is 210 Å². The maximum absolute atomic E-state index is 12.9. The number of anilines is 2. The minimum Gasteiger partial charge on any atom is -0.481 e. The highest BCUT2D eigenvalue weighted by molar-refractivity contribution is 5.80. The summed E-state index contributed by atoms with van der Waals surface area (Å²) in [6.07, 6.45) is 6.30. The molecule has 5 fully saturated rings. The Hall–Kier alpha value is -4.17. The summed E-state index contributed by atoms with van der Waals surface area (Å²) in [6.45, 7) is 6.92. The fraction of sp³-hybridized carbons (Fsp3) is 0.836. The van der Waals surface area contributed by atoms with Gasteiger partial charge in [-0.2, -0.15) is 15.0 Å². The molecular weight excluding hydrogens is 1020 g/mol. The molecule has 0 radical (unpaired) electrons. The summed E-state index contributed by atoms with van der Waals surface area (Å²) in [5, 5.41) is 53.9. The number of carbonyl (C=O) groups is 6. The Labute approximate surface area is 458 Å². The van der Waals surface area contributed by atoms with Gasteiger partial charge in [-0.15, -0.1) is 0 Å². The lowest BCUT2D eigenvalue weighted by atomic mass is 9.86. The highest BCUT2D eigenvalue weighted by Crippen LogP contribution is 2.41. The van der Waals surface area contributed by atoms with Gasteiger partial charge in [-0.25, -0.2) is 0 Å². The number of aryl methyl sites for hydroxylation is 1. The summed E-state index contributed by atoms with van der Waals surface area (Å²) in [4.78, 5) is 92.1. The van der Waals surface area contributed by atoms with Crippen molar-refractivity contribution < 1.29 is 82.7 Å². The predicted octanol–water partition coefficient (Wildman–Crippen LogP) is 3.42. The monoisotopic (exact) mass is 1100 g/mol. The van der Waals surface area contributed by atoms with Crippen LogP contribution in [0.2, 0.25) is 0 Å². The number of rotatable bonds is 39. The zero-order chi connectivity index (χ0) is 56.1. The van der Waals surface area contributed by atoms with E-state index in [2.05, 4.69) is 15.3 Å². The second-order valence-corrected chi connectivity index (χ2v) is 22.1. The second kappa shape index (κ2) is 31.7. The standard InChI is InChI=1S/C55H88N6O17/c1-37-46(69)48(71)54(35-75-50(37)77-54)33-73-31-11-9-19-39(62)15-5-3-7-17-41(64)21-13-22-43-57-52(59-53(58-43)61-29-27-60(28-30-61)44(66)23-14-24-45(67)68)56-26-25-42(65)18-8-4-6-16-40(63)20-10-12-32-74-34-55-36-76-51(78-55)38(2)47(70)49(55)72/h37-38,46-51,69-72H,3-36H2,1-2H3,(H,67,68)(H,56,57,58,59)/t37-,38-,46-,47-,48-,49-,50+,51+,54+,55+/m1/s1. The first kappa shape index (κ1) is 63.0. The molecule has 5 saturated heterocycles. The fourth-order valence-corrected chi connectivity index (χ4v) is 10.6. The Bertz CT molecular complexity index is 1980. The van der Waals surface area contributed by atoms with Crippen LogP contribution in [0, 0.1) is 11.8 Å². The maximum Gasteiger partial charge on any atom is 0.303 e. The van der Waals surface area contributed by atoms with Crippen LogP contribution in [-0.4, -0.2) is 201 Å².